The van der Waals surface area contributed by atoms with E-state index in [1.54, 1.807) is 24.3 Å². The maximum absolute atomic E-state index is 11.8. The Balaban J connectivity index is 2.18. The van der Waals surface area contributed by atoms with Crippen molar-refractivity contribution in [1.29, 1.82) is 0 Å². The van der Waals surface area contributed by atoms with Gasteiger partial charge in [0.05, 0.1) is 43.0 Å². The highest BCUT2D eigenvalue weighted by Gasteiger charge is 2.40. The van der Waals surface area contributed by atoms with Crippen LogP contribution < -0.4 is 0 Å². The number of fused-ring (bicyclic) bond motifs is 3. The monoisotopic (exact) mass is 512 g/mol. The van der Waals surface area contributed by atoms with Gasteiger partial charge in [-0.2, -0.15) is 0 Å². The molecule has 0 aliphatic heterocycles. The Morgan fingerprint density at radius 1 is 0.636 bits per heavy atom. The van der Waals surface area contributed by atoms with Gasteiger partial charge in [-0.1, -0.05) is 28.1 Å². The number of non-ortho nitro benzene ring substituents is 2. The molecular weight excluding hydrogens is 504 g/mol. The molecule has 33 heavy (non-hydrogen) atoms. The molecule has 0 N–H and O–H groups in total. The summed E-state index contributed by atoms with van der Waals surface area (Å²) in [5.74, 6) is 0. The molecule has 1 aliphatic carbocycles. The summed E-state index contributed by atoms with van der Waals surface area (Å²) in [5.41, 5.74) is -2.30. The van der Waals surface area contributed by atoms with Gasteiger partial charge < -0.3 is 0 Å². The third kappa shape index (κ3) is 3.70. The molecule has 0 saturated heterocycles. The first-order chi connectivity index (χ1) is 15.6. The molecule has 4 rings (SSSR count). The van der Waals surface area contributed by atoms with E-state index in [1.165, 1.54) is 6.08 Å². The highest BCUT2D eigenvalue weighted by molar-refractivity contribution is 9.10. The first-order valence-electron chi connectivity index (χ1n) is 9.00. The van der Waals surface area contributed by atoms with Crippen LogP contribution in [0.5, 0.6) is 0 Å². The standard InChI is InChI=1S/C20H9BrN4O8/c21-11-3-1-10(2-4-11)5-14-15-6-12(22(26)27)8-17(24(30)31)19(15)20-16(14)7-13(23(28)29)9-18(20)25(32)33/h1-9H. The van der Waals surface area contributed by atoms with E-state index < -0.39 is 42.4 Å². The van der Waals surface area contributed by atoms with Crippen LogP contribution in [-0.2, 0) is 0 Å². The van der Waals surface area contributed by atoms with Crippen LogP contribution in [0.1, 0.15) is 16.7 Å². The Kier molecular flexibility index (Phi) is 5.18. The Hall–Kier alpha value is -4.52. The lowest BCUT2D eigenvalue weighted by Gasteiger charge is -2.04. The van der Waals surface area contributed by atoms with Gasteiger partial charge in [0.25, 0.3) is 22.7 Å². The predicted molar refractivity (Wildman–Crippen MR) is 120 cm³/mol. The molecule has 0 unspecified atom stereocenters. The van der Waals surface area contributed by atoms with Crippen LogP contribution in [0.25, 0.3) is 22.8 Å². The summed E-state index contributed by atoms with van der Waals surface area (Å²) in [6.45, 7) is 0. The highest BCUT2D eigenvalue weighted by atomic mass is 79.9. The lowest BCUT2D eigenvalue weighted by Crippen LogP contribution is -1.99. The quantitative estimate of drug-likeness (QED) is 0.243. The zero-order chi connectivity index (χ0) is 24.0. The molecule has 0 bridgehead atoms. The van der Waals surface area contributed by atoms with Gasteiger partial charge in [0.1, 0.15) is 0 Å². The predicted octanol–water partition coefficient (Wildman–Crippen LogP) is 5.65. The van der Waals surface area contributed by atoms with E-state index in [-0.39, 0.29) is 27.8 Å². The van der Waals surface area contributed by atoms with E-state index in [0.717, 1.165) is 28.7 Å². The molecule has 0 radical (unpaired) electrons. The molecule has 0 amide bonds. The molecule has 0 fully saturated rings. The van der Waals surface area contributed by atoms with Crippen molar-refractivity contribution in [3.8, 4) is 11.1 Å². The topological polar surface area (TPSA) is 173 Å². The Labute approximate surface area is 191 Å². The zero-order valence-corrected chi connectivity index (χ0v) is 17.7. The van der Waals surface area contributed by atoms with Gasteiger partial charge in [-0.05, 0) is 29.3 Å². The van der Waals surface area contributed by atoms with Crippen molar-refractivity contribution in [1.82, 2.24) is 0 Å². The first kappa shape index (κ1) is 21.7. The van der Waals surface area contributed by atoms with Gasteiger partial charge in [0, 0.05) is 27.7 Å². The summed E-state index contributed by atoms with van der Waals surface area (Å²) < 4.78 is 0.759. The van der Waals surface area contributed by atoms with Crippen LogP contribution in [0.2, 0.25) is 0 Å². The fraction of sp³-hybridized carbons (Fsp3) is 0. The summed E-state index contributed by atoms with van der Waals surface area (Å²) in [5, 5.41) is 46.4. The minimum absolute atomic E-state index is 0.00239. The van der Waals surface area contributed by atoms with E-state index in [2.05, 4.69) is 15.9 Å². The third-order valence-corrected chi connectivity index (χ3v) is 5.56. The second-order valence-electron chi connectivity index (χ2n) is 6.91. The van der Waals surface area contributed by atoms with E-state index in [0.29, 0.717) is 5.56 Å². The van der Waals surface area contributed by atoms with E-state index in [4.69, 9.17) is 0 Å². The molecule has 0 atom stereocenters. The number of halogens is 1. The SMILES string of the molecule is O=[N+]([O-])c1cc2c(c([N+](=O)[O-])c1)-c1c(cc([N+](=O)[O-])cc1[N+](=O)[O-])C2=Cc1ccc(Br)cc1. The second kappa shape index (κ2) is 7.87. The molecule has 0 saturated carbocycles. The molecule has 3 aromatic carbocycles. The molecular formula is C20H9BrN4O8. The summed E-state index contributed by atoms with van der Waals surface area (Å²) >= 11 is 3.29. The van der Waals surface area contributed by atoms with Crippen LogP contribution in [0.4, 0.5) is 22.7 Å². The van der Waals surface area contributed by atoms with E-state index in [9.17, 15) is 40.5 Å². The average molecular weight is 513 g/mol. The summed E-state index contributed by atoms with van der Waals surface area (Å²) in [6.07, 6.45) is 1.51. The number of nitrogens with zero attached hydrogens (tertiary/aromatic N) is 4. The van der Waals surface area contributed by atoms with Gasteiger partial charge >= 0.3 is 0 Å². The number of nitro groups is 4. The van der Waals surface area contributed by atoms with Crippen molar-refractivity contribution >= 4 is 50.3 Å². The van der Waals surface area contributed by atoms with Crippen molar-refractivity contribution in [3.63, 3.8) is 0 Å². The fourth-order valence-electron chi connectivity index (χ4n) is 3.70. The van der Waals surface area contributed by atoms with Gasteiger partial charge in [-0.25, -0.2) is 0 Å². The molecule has 0 aromatic heterocycles. The van der Waals surface area contributed by atoms with Crippen LogP contribution in [0.3, 0.4) is 0 Å². The number of nitro benzene ring substituents is 4. The summed E-state index contributed by atoms with van der Waals surface area (Å²) in [7, 11) is 0. The molecule has 12 nitrogen and oxygen atoms in total. The molecule has 13 heteroatoms. The number of hydrogen-bond donors (Lipinski definition) is 0. The highest BCUT2D eigenvalue weighted by Crippen LogP contribution is 2.54. The minimum Gasteiger partial charge on any atom is -0.258 e. The zero-order valence-electron chi connectivity index (χ0n) is 16.1. The maximum atomic E-state index is 11.8. The van der Waals surface area contributed by atoms with Crippen LogP contribution in [0.15, 0.2) is 53.0 Å². The Morgan fingerprint density at radius 3 is 1.42 bits per heavy atom. The van der Waals surface area contributed by atoms with Crippen LogP contribution in [0, 0.1) is 40.5 Å². The van der Waals surface area contributed by atoms with Crippen molar-refractivity contribution in [2.24, 2.45) is 0 Å². The van der Waals surface area contributed by atoms with Gasteiger partial charge in [0.15, 0.2) is 0 Å². The van der Waals surface area contributed by atoms with E-state index in [1.807, 2.05) is 0 Å². The summed E-state index contributed by atoms with van der Waals surface area (Å²) in [4.78, 5) is 43.1. The van der Waals surface area contributed by atoms with Crippen molar-refractivity contribution in [3.05, 3.63) is 110 Å². The Morgan fingerprint density at radius 2 is 1.06 bits per heavy atom. The number of rotatable bonds is 5. The molecule has 3 aromatic rings. The lowest BCUT2D eigenvalue weighted by atomic mass is 10.00. The average Bonchev–Trinajstić information content (AvgIpc) is 3.07. The smallest absolute Gasteiger partial charge is 0.258 e. The first-order valence-corrected chi connectivity index (χ1v) is 9.80. The van der Waals surface area contributed by atoms with Crippen LogP contribution >= 0.6 is 15.9 Å². The largest absolute Gasteiger partial charge is 0.284 e. The lowest BCUT2D eigenvalue weighted by molar-refractivity contribution is -0.395. The van der Waals surface area contributed by atoms with Crippen LogP contribution in [-0.4, -0.2) is 19.7 Å². The normalized spacial score (nSPS) is 11.5. The maximum Gasteiger partial charge on any atom is 0.284 e. The third-order valence-electron chi connectivity index (χ3n) is 5.03. The fourth-order valence-corrected chi connectivity index (χ4v) is 3.96. The number of hydrogen-bond acceptors (Lipinski definition) is 8. The molecule has 0 heterocycles. The van der Waals surface area contributed by atoms with Gasteiger partial charge in [-0.3, -0.25) is 40.5 Å². The molecule has 1 aliphatic rings. The molecule has 0 spiro atoms. The van der Waals surface area contributed by atoms with Crippen molar-refractivity contribution < 1.29 is 19.7 Å². The van der Waals surface area contributed by atoms with Crippen molar-refractivity contribution in [2.75, 3.05) is 0 Å². The summed E-state index contributed by atoms with van der Waals surface area (Å²) in [6, 6.07) is 10.3. The molecule has 164 valence electrons. The Bertz CT molecular complexity index is 1350. The van der Waals surface area contributed by atoms with Crippen molar-refractivity contribution in [2.45, 2.75) is 0 Å². The minimum atomic E-state index is -0.872. The van der Waals surface area contributed by atoms with Gasteiger partial charge in [0.2, 0.25) is 0 Å². The number of benzene rings is 3. The van der Waals surface area contributed by atoms with E-state index >= 15 is 0 Å². The second-order valence-corrected chi connectivity index (χ2v) is 7.83. The van der Waals surface area contributed by atoms with Gasteiger partial charge in [-0.15, -0.1) is 0 Å².